The van der Waals surface area contributed by atoms with E-state index in [9.17, 15) is 19.8 Å². The molecule has 1 heterocycles. The van der Waals surface area contributed by atoms with Crippen molar-refractivity contribution in [1.29, 1.82) is 0 Å². The highest BCUT2D eigenvalue weighted by Gasteiger charge is 2.01. The smallest absolute Gasteiger partial charge is 0.244 e. The fourth-order valence-corrected chi connectivity index (χ4v) is 2.63. The first kappa shape index (κ1) is 19.3. The van der Waals surface area contributed by atoms with Crippen LogP contribution in [0.1, 0.15) is 16.9 Å². The third kappa shape index (κ3) is 6.82. The molecule has 2 aromatic rings. The summed E-state index contributed by atoms with van der Waals surface area (Å²) in [5.74, 6) is -0.627. The first-order valence-electron chi connectivity index (χ1n) is 8.02. The van der Waals surface area contributed by atoms with Crippen LogP contribution < -0.4 is 10.6 Å². The molecule has 0 fully saturated rings. The lowest BCUT2D eigenvalue weighted by atomic mass is 10.2. The van der Waals surface area contributed by atoms with E-state index < -0.39 is 0 Å². The molecule has 0 aliphatic heterocycles. The van der Waals surface area contributed by atoms with Crippen LogP contribution in [0.25, 0.3) is 12.2 Å². The molecule has 2 rings (SSSR count). The van der Waals surface area contributed by atoms with Crippen LogP contribution in [0.4, 0.5) is 0 Å². The van der Waals surface area contributed by atoms with Gasteiger partial charge >= 0.3 is 0 Å². The summed E-state index contributed by atoms with van der Waals surface area (Å²) in [6, 6.07) is 7.98. The van der Waals surface area contributed by atoms with Crippen molar-refractivity contribution >= 4 is 35.3 Å². The molecule has 0 unspecified atom stereocenters. The zero-order chi connectivity index (χ0) is 18.8. The third-order valence-corrected chi connectivity index (χ3v) is 4.16. The molecular weight excluding hydrogens is 352 g/mol. The topological polar surface area (TPSA) is 98.7 Å². The van der Waals surface area contributed by atoms with E-state index in [0.717, 1.165) is 4.88 Å². The highest BCUT2D eigenvalue weighted by Crippen LogP contribution is 2.23. The number of rotatable bonds is 8. The molecule has 0 saturated heterocycles. The van der Waals surface area contributed by atoms with Crippen molar-refractivity contribution in [3.63, 3.8) is 0 Å². The zero-order valence-electron chi connectivity index (χ0n) is 14.0. The molecule has 6 nitrogen and oxygen atoms in total. The maximum absolute atomic E-state index is 11.7. The summed E-state index contributed by atoms with van der Waals surface area (Å²) in [7, 11) is 0. The first-order chi connectivity index (χ1) is 12.5. The Morgan fingerprint density at radius 3 is 2.31 bits per heavy atom. The van der Waals surface area contributed by atoms with Crippen molar-refractivity contribution in [2.45, 2.75) is 6.42 Å². The molecule has 0 atom stereocenters. The number of phenolic OH excluding ortho intramolecular Hbond substituents is 2. The van der Waals surface area contributed by atoms with Gasteiger partial charge in [-0.15, -0.1) is 11.3 Å². The third-order valence-electron chi connectivity index (χ3n) is 3.32. The van der Waals surface area contributed by atoms with Gasteiger partial charge in [-0.3, -0.25) is 9.59 Å². The summed E-state index contributed by atoms with van der Waals surface area (Å²) in [5.41, 5.74) is 0.433. The minimum Gasteiger partial charge on any atom is -0.508 e. The Kier molecular flexibility index (Phi) is 7.45. The van der Waals surface area contributed by atoms with E-state index in [4.69, 9.17) is 0 Å². The van der Waals surface area contributed by atoms with Gasteiger partial charge in [-0.2, -0.15) is 0 Å². The average molecular weight is 372 g/mol. The Morgan fingerprint density at radius 2 is 1.69 bits per heavy atom. The van der Waals surface area contributed by atoms with Gasteiger partial charge in [0.1, 0.15) is 11.5 Å². The molecule has 4 N–H and O–H groups in total. The molecular formula is C19H20N2O4S. The van der Waals surface area contributed by atoms with Crippen LogP contribution in [-0.2, 0) is 9.59 Å². The Labute approximate surface area is 155 Å². The van der Waals surface area contributed by atoms with Crippen molar-refractivity contribution in [3.05, 3.63) is 58.3 Å². The maximum Gasteiger partial charge on any atom is 0.244 e. The van der Waals surface area contributed by atoms with E-state index in [1.165, 1.54) is 36.4 Å². The SMILES string of the molecule is O=C(/C=C/c1cccs1)NCCCNC(=O)/C=C/c1ccc(O)cc1O. The van der Waals surface area contributed by atoms with Gasteiger partial charge in [0.15, 0.2) is 0 Å². The summed E-state index contributed by atoms with van der Waals surface area (Å²) >= 11 is 1.56. The Hall–Kier alpha value is -3.06. The first-order valence-corrected chi connectivity index (χ1v) is 8.90. The lowest BCUT2D eigenvalue weighted by Crippen LogP contribution is -2.28. The van der Waals surface area contributed by atoms with Crippen LogP contribution in [0.3, 0.4) is 0 Å². The summed E-state index contributed by atoms with van der Waals surface area (Å²) < 4.78 is 0. The van der Waals surface area contributed by atoms with E-state index in [0.29, 0.717) is 25.1 Å². The highest BCUT2D eigenvalue weighted by atomic mass is 32.1. The predicted molar refractivity (Wildman–Crippen MR) is 103 cm³/mol. The van der Waals surface area contributed by atoms with Crippen molar-refractivity contribution in [2.75, 3.05) is 13.1 Å². The van der Waals surface area contributed by atoms with Gasteiger partial charge in [0.25, 0.3) is 0 Å². The van der Waals surface area contributed by atoms with Gasteiger partial charge in [-0.25, -0.2) is 0 Å². The van der Waals surface area contributed by atoms with Crippen molar-refractivity contribution in [3.8, 4) is 11.5 Å². The molecule has 1 aromatic heterocycles. The molecule has 136 valence electrons. The van der Waals surface area contributed by atoms with Gasteiger partial charge in [-0.05, 0) is 42.2 Å². The Bertz CT molecular complexity index is 798. The number of thiophene rings is 1. The van der Waals surface area contributed by atoms with Crippen LogP contribution in [0.15, 0.2) is 47.9 Å². The lowest BCUT2D eigenvalue weighted by Gasteiger charge is -2.04. The Balaban J connectivity index is 1.62. The molecule has 0 saturated carbocycles. The molecule has 2 amide bonds. The Morgan fingerprint density at radius 1 is 1.00 bits per heavy atom. The summed E-state index contributed by atoms with van der Waals surface area (Å²) in [4.78, 5) is 24.3. The normalized spacial score (nSPS) is 11.1. The van der Waals surface area contributed by atoms with Gasteiger partial charge < -0.3 is 20.8 Å². The van der Waals surface area contributed by atoms with Crippen molar-refractivity contribution in [1.82, 2.24) is 10.6 Å². The van der Waals surface area contributed by atoms with Crippen LogP contribution in [0.2, 0.25) is 0 Å². The van der Waals surface area contributed by atoms with Crippen LogP contribution >= 0.6 is 11.3 Å². The average Bonchev–Trinajstić information content (AvgIpc) is 3.12. The van der Waals surface area contributed by atoms with Gasteiger partial charge in [0.2, 0.25) is 11.8 Å². The number of carbonyl (C=O) groups is 2. The predicted octanol–water partition coefficient (Wildman–Crippen LogP) is 2.51. The molecule has 7 heteroatoms. The number of phenols is 2. The van der Waals surface area contributed by atoms with Gasteiger partial charge in [-0.1, -0.05) is 6.07 Å². The highest BCUT2D eigenvalue weighted by molar-refractivity contribution is 7.10. The number of hydrogen-bond acceptors (Lipinski definition) is 5. The van der Waals surface area contributed by atoms with E-state index >= 15 is 0 Å². The van der Waals surface area contributed by atoms with Crippen LogP contribution in [0, 0.1) is 0 Å². The van der Waals surface area contributed by atoms with Crippen LogP contribution in [0.5, 0.6) is 11.5 Å². The summed E-state index contributed by atoms with van der Waals surface area (Å²) in [6.45, 7) is 0.871. The maximum atomic E-state index is 11.7. The monoisotopic (exact) mass is 372 g/mol. The fourth-order valence-electron chi connectivity index (χ4n) is 2.01. The second-order valence-electron chi connectivity index (χ2n) is 5.36. The molecule has 0 spiro atoms. The van der Waals surface area contributed by atoms with E-state index in [1.54, 1.807) is 17.4 Å². The summed E-state index contributed by atoms with van der Waals surface area (Å²) in [6.07, 6.45) is 6.60. The van der Waals surface area contributed by atoms with E-state index in [2.05, 4.69) is 10.6 Å². The van der Waals surface area contributed by atoms with Crippen molar-refractivity contribution in [2.24, 2.45) is 0 Å². The van der Waals surface area contributed by atoms with Crippen molar-refractivity contribution < 1.29 is 19.8 Å². The zero-order valence-corrected chi connectivity index (χ0v) is 14.8. The second-order valence-corrected chi connectivity index (χ2v) is 6.34. The number of carbonyl (C=O) groups excluding carboxylic acids is 2. The molecule has 0 radical (unpaired) electrons. The fraction of sp³-hybridized carbons (Fsp3) is 0.158. The molecule has 0 bridgehead atoms. The quantitative estimate of drug-likeness (QED) is 0.423. The number of nitrogens with one attached hydrogen (secondary N) is 2. The number of hydrogen-bond donors (Lipinski definition) is 4. The molecule has 1 aromatic carbocycles. The summed E-state index contributed by atoms with van der Waals surface area (Å²) in [5, 5.41) is 26.2. The van der Waals surface area contributed by atoms with Gasteiger partial charge in [0, 0.05) is 41.7 Å². The minimum absolute atomic E-state index is 0.0450. The number of aromatic hydroxyl groups is 2. The van der Waals surface area contributed by atoms with E-state index in [-0.39, 0.29) is 23.3 Å². The number of amides is 2. The van der Waals surface area contributed by atoms with Crippen LogP contribution in [-0.4, -0.2) is 35.1 Å². The van der Waals surface area contributed by atoms with E-state index in [1.807, 2.05) is 17.5 Å². The molecule has 0 aliphatic rings. The lowest BCUT2D eigenvalue weighted by molar-refractivity contribution is -0.116. The van der Waals surface area contributed by atoms with Gasteiger partial charge in [0.05, 0.1) is 0 Å². The number of benzene rings is 1. The molecule has 26 heavy (non-hydrogen) atoms. The molecule has 0 aliphatic carbocycles. The standard InChI is InChI=1S/C19H20N2O4S/c22-15-6-4-14(17(23)13-15)5-8-18(24)20-10-2-11-21-19(25)9-7-16-3-1-12-26-16/h1,3-9,12-13,22-23H,2,10-11H2,(H,20,24)(H,21,25)/b8-5+,9-7+. The second kappa shape index (κ2) is 10.0. The minimum atomic E-state index is -0.304. The largest absolute Gasteiger partial charge is 0.508 e.